The first-order valence-electron chi connectivity index (χ1n) is 9.27. The number of benzene rings is 1. The van der Waals surface area contributed by atoms with E-state index in [1.807, 2.05) is 22.7 Å². The van der Waals surface area contributed by atoms with Crippen molar-refractivity contribution in [1.29, 1.82) is 0 Å². The lowest BCUT2D eigenvalue weighted by Gasteiger charge is -2.20. The highest BCUT2D eigenvalue weighted by Gasteiger charge is 2.33. The standard InChI is InChI=1S/C19H22FN5O3/c1-3-24-9-13-8-23(11-17(13)22-24)18-5-4-14(6-16(18)20)25-10-15(28-19(25)27)7-21-12(2)26/h4-6,9,15H,3,7-8,10-11H2,1-2H3,(H,21,26)/t15-/m0/s1. The molecule has 1 fully saturated rings. The molecule has 8 nitrogen and oxygen atoms in total. The maximum Gasteiger partial charge on any atom is 0.414 e. The van der Waals surface area contributed by atoms with Crippen LogP contribution in [0, 0.1) is 5.82 Å². The van der Waals surface area contributed by atoms with Gasteiger partial charge in [-0.05, 0) is 25.1 Å². The number of aryl methyl sites for hydroxylation is 1. The Hall–Kier alpha value is -3.10. The molecule has 1 atom stereocenters. The minimum atomic E-state index is -0.544. The van der Waals surface area contributed by atoms with Crippen LogP contribution in [0.4, 0.5) is 20.6 Å². The van der Waals surface area contributed by atoms with E-state index in [1.165, 1.54) is 17.9 Å². The normalized spacial score (nSPS) is 18.4. The topological polar surface area (TPSA) is 79.7 Å². The molecule has 4 rings (SSSR count). The van der Waals surface area contributed by atoms with Gasteiger partial charge in [0.2, 0.25) is 5.91 Å². The van der Waals surface area contributed by atoms with Gasteiger partial charge in [0.15, 0.2) is 0 Å². The van der Waals surface area contributed by atoms with Gasteiger partial charge in [0.25, 0.3) is 0 Å². The summed E-state index contributed by atoms with van der Waals surface area (Å²) in [6, 6.07) is 4.74. The SMILES string of the molecule is CCn1cc2c(n1)CN(c1ccc(N3C[C@H](CNC(C)=O)OC3=O)cc1F)C2. The molecule has 0 unspecified atom stereocenters. The first kappa shape index (κ1) is 18.3. The van der Waals surface area contributed by atoms with Crippen molar-refractivity contribution >= 4 is 23.4 Å². The zero-order valence-electron chi connectivity index (χ0n) is 15.8. The minimum absolute atomic E-state index is 0.193. The molecule has 0 bridgehead atoms. The number of carbonyl (C=O) groups is 2. The van der Waals surface area contributed by atoms with E-state index in [0.29, 0.717) is 24.5 Å². The number of anilines is 2. The summed E-state index contributed by atoms with van der Waals surface area (Å²) in [4.78, 5) is 26.4. The molecule has 0 spiro atoms. The quantitative estimate of drug-likeness (QED) is 0.849. The summed E-state index contributed by atoms with van der Waals surface area (Å²) in [5.41, 5.74) is 2.99. The van der Waals surface area contributed by atoms with Crippen molar-refractivity contribution in [2.45, 2.75) is 39.6 Å². The number of halogens is 1. The summed E-state index contributed by atoms with van der Waals surface area (Å²) in [5, 5.41) is 7.12. The molecule has 1 aromatic carbocycles. The zero-order valence-corrected chi connectivity index (χ0v) is 15.8. The summed E-state index contributed by atoms with van der Waals surface area (Å²) >= 11 is 0. The van der Waals surface area contributed by atoms with E-state index in [-0.39, 0.29) is 19.0 Å². The van der Waals surface area contributed by atoms with Gasteiger partial charge in [0, 0.05) is 31.8 Å². The Morgan fingerprint density at radius 1 is 1.39 bits per heavy atom. The molecule has 148 valence electrons. The van der Waals surface area contributed by atoms with Crippen LogP contribution in [-0.4, -0.2) is 41.0 Å². The third kappa shape index (κ3) is 3.39. The van der Waals surface area contributed by atoms with Crippen LogP contribution in [0.2, 0.25) is 0 Å². The van der Waals surface area contributed by atoms with E-state index in [1.54, 1.807) is 12.1 Å². The molecule has 1 saturated heterocycles. The summed E-state index contributed by atoms with van der Waals surface area (Å²) in [5.74, 6) is -0.591. The Labute approximate surface area is 161 Å². The summed E-state index contributed by atoms with van der Waals surface area (Å²) in [6.07, 6.45) is 0.998. The highest BCUT2D eigenvalue weighted by molar-refractivity contribution is 5.90. The van der Waals surface area contributed by atoms with Crippen molar-refractivity contribution in [1.82, 2.24) is 15.1 Å². The van der Waals surface area contributed by atoms with Crippen LogP contribution < -0.4 is 15.1 Å². The van der Waals surface area contributed by atoms with Gasteiger partial charge in [-0.3, -0.25) is 14.4 Å². The van der Waals surface area contributed by atoms with E-state index in [9.17, 15) is 14.0 Å². The Kier molecular flexibility index (Phi) is 4.66. The molecule has 0 saturated carbocycles. The number of nitrogens with one attached hydrogen (secondary N) is 1. The average molecular weight is 387 g/mol. The number of ether oxygens (including phenoxy) is 1. The molecule has 0 radical (unpaired) electrons. The van der Waals surface area contributed by atoms with E-state index in [2.05, 4.69) is 10.4 Å². The van der Waals surface area contributed by atoms with Crippen LogP contribution in [-0.2, 0) is 29.2 Å². The van der Waals surface area contributed by atoms with Crippen LogP contribution in [0.15, 0.2) is 24.4 Å². The fraction of sp³-hybridized carbons (Fsp3) is 0.421. The number of cyclic esters (lactones) is 1. The minimum Gasteiger partial charge on any atom is -0.442 e. The second-order valence-corrected chi connectivity index (χ2v) is 7.00. The lowest BCUT2D eigenvalue weighted by Crippen LogP contribution is -2.33. The highest BCUT2D eigenvalue weighted by atomic mass is 19.1. The summed E-state index contributed by atoms with van der Waals surface area (Å²) in [6.45, 7) is 5.90. The largest absolute Gasteiger partial charge is 0.442 e. The molecular weight excluding hydrogens is 365 g/mol. The number of aromatic nitrogens is 2. The predicted octanol–water partition coefficient (Wildman–Crippen LogP) is 2.02. The molecule has 0 aliphatic carbocycles. The smallest absolute Gasteiger partial charge is 0.414 e. The van der Waals surface area contributed by atoms with Crippen molar-refractivity contribution < 1.29 is 18.7 Å². The van der Waals surface area contributed by atoms with Crippen LogP contribution in [0.5, 0.6) is 0 Å². The first-order valence-corrected chi connectivity index (χ1v) is 9.27. The van der Waals surface area contributed by atoms with E-state index in [0.717, 1.165) is 17.8 Å². The number of hydrogen-bond acceptors (Lipinski definition) is 5. The van der Waals surface area contributed by atoms with Gasteiger partial charge in [-0.2, -0.15) is 5.10 Å². The molecule has 1 N–H and O–H groups in total. The van der Waals surface area contributed by atoms with Gasteiger partial charge in [-0.15, -0.1) is 0 Å². The molecule has 28 heavy (non-hydrogen) atoms. The Balaban J connectivity index is 1.46. The van der Waals surface area contributed by atoms with Gasteiger partial charge < -0.3 is 15.0 Å². The monoisotopic (exact) mass is 387 g/mol. The van der Waals surface area contributed by atoms with Crippen LogP contribution in [0.25, 0.3) is 0 Å². The van der Waals surface area contributed by atoms with Crippen molar-refractivity contribution in [3.63, 3.8) is 0 Å². The van der Waals surface area contributed by atoms with Gasteiger partial charge in [-0.25, -0.2) is 9.18 Å². The second-order valence-electron chi connectivity index (χ2n) is 7.00. The third-order valence-electron chi connectivity index (χ3n) is 4.99. The Morgan fingerprint density at radius 3 is 2.89 bits per heavy atom. The number of nitrogens with zero attached hydrogens (tertiary/aromatic N) is 4. The highest BCUT2D eigenvalue weighted by Crippen LogP contribution is 2.32. The van der Waals surface area contributed by atoms with Gasteiger partial charge in [-0.1, -0.05) is 0 Å². The third-order valence-corrected chi connectivity index (χ3v) is 4.99. The van der Waals surface area contributed by atoms with Crippen molar-refractivity contribution in [2.75, 3.05) is 22.9 Å². The number of hydrogen-bond donors (Lipinski definition) is 1. The maximum atomic E-state index is 14.8. The molecule has 3 heterocycles. The lowest BCUT2D eigenvalue weighted by atomic mass is 10.2. The summed E-state index contributed by atoms with van der Waals surface area (Å²) in [7, 11) is 0. The van der Waals surface area contributed by atoms with Crippen molar-refractivity contribution in [3.8, 4) is 0 Å². The Bertz CT molecular complexity index is 905. The number of rotatable bonds is 5. The Morgan fingerprint density at radius 2 is 2.21 bits per heavy atom. The van der Waals surface area contributed by atoms with Crippen LogP contribution in [0.3, 0.4) is 0 Å². The fourth-order valence-corrected chi connectivity index (χ4v) is 3.56. The molecular formula is C19H22FN5O3. The molecule has 2 aromatic rings. The number of fused-ring (bicyclic) bond motifs is 1. The zero-order chi connectivity index (χ0) is 19.8. The molecule has 2 amide bonds. The van der Waals surface area contributed by atoms with E-state index >= 15 is 0 Å². The average Bonchev–Trinajstić information content (AvgIpc) is 3.32. The first-order chi connectivity index (χ1) is 13.4. The van der Waals surface area contributed by atoms with Crippen molar-refractivity contribution in [2.24, 2.45) is 0 Å². The van der Waals surface area contributed by atoms with Crippen LogP contribution in [0.1, 0.15) is 25.1 Å². The maximum absolute atomic E-state index is 14.8. The van der Waals surface area contributed by atoms with Crippen molar-refractivity contribution in [3.05, 3.63) is 41.5 Å². The predicted molar refractivity (Wildman–Crippen MR) is 100 cm³/mol. The summed E-state index contributed by atoms with van der Waals surface area (Å²) < 4.78 is 21.9. The molecule has 1 aromatic heterocycles. The lowest BCUT2D eigenvalue weighted by molar-refractivity contribution is -0.119. The van der Waals surface area contributed by atoms with Crippen LogP contribution >= 0.6 is 0 Å². The van der Waals surface area contributed by atoms with E-state index in [4.69, 9.17) is 4.74 Å². The molecule has 2 aliphatic heterocycles. The molecule has 9 heteroatoms. The number of carbonyl (C=O) groups excluding carboxylic acids is 2. The van der Waals surface area contributed by atoms with Gasteiger partial charge in [0.1, 0.15) is 11.9 Å². The van der Waals surface area contributed by atoms with Gasteiger partial charge in [0.05, 0.1) is 36.7 Å². The van der Waals surface area contributed by atoms with Gasteiger partial charge >= 0.3 is 6.09 Å². The number of amides is 2. The fourth-order valence-electron chi connectivity index (χ4n) is 3.56. The molecule has 2 aliphatic rings. The van der Waals surface area contributed by atoms with E-state index < -0.39 is 18.0 Å². The second kappa shape index (κ2) is 7.14.